The van der Waals surface area contributed by atoms with Crippen molar-refractivity contribution in [2.24, 2.45) is 29.6 Å². The fourth-order valence-corrected chi connectivity index (χ4v) is 6.53. The maximum Gasteiger partial charge on any atom is 0.159 e. The zero-order valence-corrected chi connectivity index (χ0v) is 16.7. The first-order valence-corrected chi connectivity index (χ1v) is 11.2. The third kappa shape index (κ3) is 4.30. The molecule has 3 saturated carbocycles. The largest absolute Gasteiger partial charge is 0.204 e. The van der Waals surface area contributed by atoms with Gasteiger partial charge in [0, 0.05) is 0 Å². The molecule has 0 saturated heterocycles. The van der Waals surface area contributed by atoms with Gasteiger partial charge < -0.3 is 0 Å². The van der Waals surface area contributed by atoms with E-state index in [1.54, 1.807) is 6.07 Å². The van der Waals surface area contributed by atoms with E-state index in [1.165, 1.54) is 63.5 Å². The Morgan fingerprint density at radius 1 is 0.741 bits per heavy atom. The Morgan fingerprint density at radius 3 is 2.07 bits per heavy atom. The van der Waals surface area contributed by atoms with Crippen molar-refractivity contribution in [3.63, 3.8) is 0 Å². The summed E-state index contributed by atoms with van der Waals surface area (Å²) in [6.07, 6.45) is 18.0. The lowest BCUT2D eigenvalue weighted by molar-refractivity contribution is 0.0718. The molecule has 4 unspecified atom stereocenters. The SMILES string of the molecule is C/C=C/C1CCC2CC(C3CCC(c4ccc(F)c(F)c4)CC3)CCC2C1. The summed E-state index contributed by atoms with van der Waals surface area (Å²) < 4.78 is 26.8. The van der Waals surface area contributed by atoms with E-state index in [4.69, 9.17) is 0 Å². The third-order valence-corrected chi connectivity index (χ3v) is 8.01. The van der Waals surface area contributed by atoms with E-state index in [0.717, 1.165) is 48.0 Å². The van der Waals surface area contributed by atoms with Crippen molar-refractivity contribution in [2.45, 2.75) is 77.0 Å². The molecule has 4 atom stereocenters. The van der Waals surface area contributed by atoms with Crippen LogP contribution in [-0.4, -0.2) is 0 Å². The first kappa shape index (κ1) is 19.2. The van der Waals surface area contributed by atoms with Crippen molar-refractivity contribution in [3.8, 4) is 0 Å². The van der Waals surface area contributed by atoms with E-state index < -0.39 is 11.6 Å². The minimum Gasteiger partial charge on any atom is -0.204 e. The Balaban J connectivity index is 1.30. The molecule has 3 fully saturated rings. The highest BCUT2D eigenvalue weighted by Gasteiger charge is 2.38. The second-order valence-electron chi connectivity index (χ2n) is 9.48. The normalized spacial score (nSPS) is 37.3. The highest BCUT2D eigenvalue weighted by molar-refractivity contribution is 5.22. The lowest BCUT2D eigenvalue weighted by Gasteiger charge is -2.45. The number of rotatable bonds is 3. The van der Waals surface area contributed by atoms with Gasteiger partial charge in [-0.2, -0.15) is 0 Å². The third-order valence-electron chi connectivity index (χ3n) is 8.01. The quantitative estimate of drug-likeness (QED) is 0.478. The summed E-state index contributed by atoms with van der Waals surface area (Å²) in [5.41, 5.74) is 0.998. The van der Waals surface area contributed by atoms with Crippen LogP contribution in [0.2, 0.25) is 0 Å². The van der Waals surface area contributed by atoms with Gasteiger partial charge in [0.25, 0.3) is 0 Å². The average Bonchev–Trinajstić information content (AvgIpc) is 2.70. The van der Waals surface area contributed by atoms with Gasteiger partial charge in [-0.05, 0) is 124 Å². The second-order valence-corrected chi connectivity index (χ2v) is 9.48. The Kier molecular flexibility index (Phi) is 5.99. The van der Waals surface area contributed by atoms with E-state index in [1.807, 2.05) is 0 Å². The molecule has 1 aromatic carbocycles. The molecule has 0 heterocycles. The molecule has 0 N–H and O–H groups in total. The Labute approximate surface area is 163 Å². The number of allylic oxidation sites excluding steroid dienone is 2. The zero-order chi connectivity index (χ0) is 18.8. The summed E-state index contributed by atoms with van der Waals surface area (Å²) in [4.78, 5) is 0. The molecule has 2 heteroatoms. The Bertz CT molecular complexity index is 656. The van der Waals surface area contributed by atoms with Crippen LogP contribution in [0.15, 0.2) is 30.4 Å². The van der Waals surface area contributed by atoms with Crippen molar-refractivity contribution in [1.82, 2.24) is 0 Å². The fraction of sp³-hybridized carbons (Fsp3) is 0.680. The number of fused-ring (bicyclic) bond motifs is 1. The van der Waals surface area contributed by atoms with Crippen LogP contribution in [0, 0.1) is 41.2 Å². The lowest BCUT2D eigenvalue weighted by atomic mass is 9.61. The van der Waals surface area contributed by atoms with Crippen LogP contribution in [0.3, 0.4) is 0 Å². The van der Waals surface area contributed by atoms with Crippen LogP contribution in [-0.2, 0) is 0 Å². The molecule has 0 nitrogen and oxygen atoms in total. The van der Waals surface area contributed by atoms with Gasteiger partial charge in [-0.1, -0.05) is 18.2 Å². The molecule has 3 aliphatic rings. The monoisotopic (exact) mass is 372 g/mol. The van der Waals surface area contributed by atoms with Crippen LogP contribution < -0.4 is 0 Å². The summed E-state index contributed by atoms with van der Waals surface area (Å²) in [5.74, 6) is 3.54. The summed E-state index contributed by atoms with van der Waals surface area (Å²) >= 11 is 0. The van der Waals surface area contributed by atoms with Crippen molar-refractivity contribution < 1.29 is 8.78 Å². The van der Waals surface area contributed by atoms with Gasteiger partial charge in [0.15, 0.2) is 11.6 Å². The van der Waals surface area contributed by atoms with E-state index in [9.17, 15) is 8.78 Å². The molecule has 0 amide bonds. The van der Waals surface area contributed by atoms with Crippen LogP contribution in [0.4, 0.5) is 8.78 Å². The smallest absolute Gasteiger partial charge is 0.159 e. The topological polar surface area (TPSA) is 0 Å². The van der Waals surface area contributed by atoms with Crippen molar-refractivity contribution in [3.05, 3.63) is 47.5 Å². The van der Waals surface area contributed by atoms with E-state index in [-0.39, 0.29) is 0 Å². The predicted octanol–water partition coefficient (Wildman–Crippen LogP) is 7.65. The highest BCUT2D eigenvalue weighted by Crippen LogP contribution is 2.50. The minimum atomic E-state index is -0.728. The van der Waals surface area contributed by atoms with Crippen molar-refractivity contribution >= 4 is 0 Å². The molecule has 0 bridgehead atoms. The lowest BCUT2D eigenvalue weighted by Crippen LogP contribution is -2.34. The number of halogens is 2. The van der Waals surface area contributed by atoms with Crippen LogP contribution in [0.25, 0.3) is 0 Å². The molecular formula is C25H34F2. The summed E-state index contributed by atoms with van der Waals surface area (Å²) in [5, 5.41) is 0. The summed E-state index contributed by atoms with van der Waals surface area (Å²) in [7, 11) is 0. The summed E-state index contributed by atoms with van der Waals surface area (Å²) in [6.45, 7) is 2.15. The standard InChI is InChI=1S/C25H34F2/c1-2-3-17-4-5-22-15-21(11-10-20(22)14-17)18-6-8-19(9-7-18)23-12-13-24(26)25(27)16-23/h2-3,12-13,16-22H,4-11,14-15H2,1H3/b3-2+. The fourth-order valence-electron chi connectivity index (χ4n) is 6.53. The molecule has 3 aliphatic carbocycles. The Morgan fingerprint density at radius 2 is 1.37 bits per heavy atom. The average molecular weight is 373 g/mol. The Hall–Kier alpha value is -1.18. The van der Waals surface area contributed by atoms with E-state index in [0.29, 0.717) is 5.92 Å². The van der Waals surface area contributed by atoms with E-state index >= 15 is 0 Å². The van der Waals surface area contributed by atoms with Gasteiger partial charge in [-0.25, -0.2) is 8.78 Å². The van der Waals surface area contributed by atoms with Gasteiger partial charge in [0.05, 0.1) is 0 Å². The molecular weight excluding hydrogens is 338 g/mol. The van der Waals surface area contributed by atoms with Gasteiger partial charge in [-0.15, -0.1) is 0 Å². The molecule has 0 spiro atoms. The van der Waals surface area contributed by atoms with Gasteiger partial charge in [-0.3, -0.25) is 0 Å². The molecule has 0 aliphatic heterocycles. The molecule has 4 rings (SSSR count). The maximum absolute atomic E-state index is 13.6. The van der Waals surface area contributed by atoms with Crippen LogP contribution >= 0.6 is 0 Å². The zero-order valence-electron chi connectivity index (χ0n) is 16.7. The first-order valence-electron chi connectivity index (χ1n) is 11.2. The van der Waals surface area contributed by atoms with Gasteiger partial charge >= 0.3 is 0 Å². The summed E-state index contributed by atoms with van der Waals surface area (Å²) in [6, 6.07) is 4.51. The maximum atomic E-state index is 13.6. The van der Waals surface area contributed by atoms with E-state index in [2.05, 4.69) is 19.1 Å². The number of hydrogen-bond donors (Lipinski definition) is 0. The molecule has 148 valence electrons. The molecule has 1 aromatic rings. The first-order chi connectivity index (χ1) is 13.1. The second kappa shape index (κ2) is 8.45. The van der Waals surface area contributed by atoms with Crippen LogP contribution in [0.5, 0.6) is 0 Å². The van der Waals surface area contributed by atoms with Gasteiger partial charge in [0.1, 0.15) is 0 Å². The molecule has 0 aromatic heterocycles. The van der Waals surface area contributed by atoms with Gasteiger partial charge in [0.2, 0.25) is 0 Å². The predicted molar refractivity (Wildman–Crippen MR) is 108 cm³/mol. The number of benzene rings is 1. The number of hydrogen-bond acceptors (Lipinski definition) is 0. The highest BCUT2D eigenvalue weighted by atomic mass is 19.2. The van der Waals surface area contributed by atoms with Crippen molar-refractivity contribution in [2.75, 3.05) is 0 Å². The minimum absolute atomic E-state index is 0.420. The van der Waals surface area contributed by atoms with Crippen LogP contribution in [0.1, 0.15) is 82.6 Å². The van der Waals surface area contributed by atoms with Crippen molar-refractivity contribution in [1.29, 1.82) is 0 Å². The molecule has 27 heavy (non-hydrogen) atoms. The molecule has 0 radical (unpaired) electrons.